The average Bonchev–Trinajstić information content (AvgIpc) is 3.58. The van der Waals surface area contributed by atoms with Crippen molar-refractivity contribution in [1.82, 2.24) is 15.3 Å². The number of aromatic nitrogens is 2. The maximum Gasteiger partial charge on any atom is 0.255 e. The molecule has 1 spiro atoms. The zero-order chi connectivity index (χ0) is 26.5. The summed E-state index contributed by atoms with van der Waals surface area (Å²) >= 11 is 0. The first-order valence-electron chi connectivity index (χ1n) is 12.8. The topological polar surface area (TPSA) is 107 Å². The lowest BCUT2D eigenvalue weighted by Gasteiger charge is -2.34. The summed E-state index contributed by atoms with van der Waals surface area (Å²) in [6.45, 7) is 5.73. The molecule has 0 bridgehead atoms. The molecule has 1 amide bonds. The number of hydrogen-bond acceptors (Lipinski definition) is 7. The number of carbonyl (C=O) groups is 1. The number of benzene rings is 1. The number of para-hydroxylation sites is 1. The summed E-state index contributed by atoms with van der Waals surface area (Å²) in [4.78, 5) is 21.0. The van der Waals surface area contributed by atoms with Crippen molar-refractivity contribution < 1.29 is 28.1 Å². The van der Waals surface area contributed by atoms with E-state index in [1.807, 2.05) is 19.9 Å². The molecule has 1 unspecified atom stereocenters. The van der Waals surface area contributed by atoms with E-state index >= 15 is 0 Å². The number of hydrogen-bond donors (Lipinski definition) is 3. The van der Waals surface area contributed by atoms with Crippen LogP contribution in [0.4, 0.5) is 15.8 Å². The lowest BCUT2D eigenvalue weighted by atomic mass is 9.93. The van der Waals surface area contributed by atoms with Crippen LogP contribution in [0, 0.1) is 5.82 Å². The maximum absolute atomic E-state index is 14.5. The molecule has 2 fully saturated rings. The third kappa shape index (κ3) is 4.37. The number of pyridine rings is 1. The molecule has 200 valence electrons. The maximum atomic E-state index is 14.5. The van der Waals surface area contributed by atoms with Gasteiger partial charge in [-0.3, -0.25) is 9.78 Å². The highest BCUT2D eigenvalue weighted by Crippen LogP contribution is 2.54. The molecule has 9 nitrogen and oxygen atoms in total. The van der Waals surface area contributed by atoms with Crippen LogP contribution in [0.5, 0.6) is 11.5 Å². The molecule has 0 radical (unpaired) electrons. The summed E-state index contributed by atoms with van der Waals surface area (Å²) in [7, 11) is 1.41. The Morgan fingerprint density at radius 1 is 1.26 bits per heavy atom. The fourth-order valence-corrected chi connectivity index (χ4v) is 5.11. The van der Waals surface area contributed by atoms with E-state index in [0.29, 0.717) is 53.7 Å². The van der Waals surface area contributed by atoms with Crippen LogP contribution >= 0.6 is 0 Å². The molecule has 3 aliphatic rings. The SMILES string of the molecule is COc1c(F)cccc1Nc1c(-c2ccncc2OCC2COC(C)(C)CO2)[nH]c2c1C(=O)NCC21CC1. The number of fused-ring (bicyclic) bond motifs is 2. The van der Waals surface area contributed by atoms with Gasteiger partial charge in [0.15, 0.2) is 11.6 Å². The van der Waals surface area contributed by atoms with Gasteiger partial charge in [0.1, 0.15) is 18.5 Å². The van der Waals surface area contributed by atoms with Gasteiger partial charge in [-0.25, -0.2) is 4.39 Å². The zero-order valence-electron chi connectivity index (χ0n) is 21.7. The Morgan fingerprint density at radius 3 is 2.84 bits per heavy atom. The second-order valence-corrected chi connectivity index (χ2v) is 10.7. The number of aromatic amines is 1. The number of H-pyrrole nitrogens is 1. The van der Waals surface area contributed by atoms with Crippen LogP contribution in [-0.4, -0.2) is 61.1 Å². The van der Waals surface area contributed by atoms with Gasteiger partial charge in [0, 0.05) is 29.4 Å². The molecule has 1 saturated heterocycles. The van der Waals surface area contributed by atoms with Crippen LogP contribution in [0.15, 0.2) is 36.7 Å². The fraction of sp³-hybridized carbons (Fsp3) is 0.429. The zero-order valence-corrected chi connectivity index (χ0v) is 21.7. The summed E-state index contributed by atoms with van der Waals surface area (Å²) < 4.78 is 37.9. The highest BCUT2D eigenvalue weighted by atomic mass is 19.1. The molecule has 6 rings (SSSR count). The summed E-state index contributed by atoms with van der Waals surface area (Å²) in [5, 5.41) is 6.33. The third-order valence-electron chi connectivity index (χ3n) is 7.43. The Kier molecular flexibility index (Phi) is 6.03. The molecule has 1 saturated carbocycles. The minimum Gasteiger partial charge on any atom is -0.492 e. The second kappa shape index (κ2) is 9.28. The number of nitrogens with one attached hydrogen (secondary N) is 3. The number of rotatable bonds is 7. The van der Waals surface area contributed by atoms with Crippen molar-refractivity contribution in [2.45, 2.75) is 43.8 Å². The van der Waals surface area contributed by atoms with Gasteiger partial charge in [-0.2, -0.15) is 0 Å². The second-order valence-electron chi connectivity index (χ2n) is 10.7. The smallest absolute Gasteiger partial charge is 0.255 e. The average molecular weight is 523 g/mol. The van der Waals surface area contributed by atoms with Crippen LogP contribution in [0.25, 0.3) is 11.3 Å². The van der Waals surface area contributed by atoms with Crippen LogP contribution in [0.1, 0.15) is 42.7 Å². The molecule has 3 N–H and O–H groups in total. The minimum atomic E-state index is -0.502. The third-order valence-corrected chi connectivity index (χ3v) is 7.43. The normalized spacial score (nSPS) is 20.9. The molecule has 1 aromatic carbocycles. The summed E-state index contributed by atoms with van der Waals surface area (Å²) in [6.07, 6.45) is 5.03. The van der Waals surface area contributed by atoms with Crippen molar-refractivity contribution in [3.63, 3.8) is 0 Å². The lowest BCUT2D eigenvalue weighted by Crippen LogP contribution is -2.44. The minimum absolute atomic E-state index is 0.0642. The summed E-state index contributed by atoms with van der Waals surface area (Å²) in [5.41, 5.74) is 3.26. The van der Waals surface area contributed by atoms with Crippen LogP contribution in [0.2, 0.25) is 0 Å². The van der Waals surface area contributed by atoms with Gasteiger partial charge in [-0.15, -0.1) is 0 Å². The number of carbonyl (C=O) groups excluding carboxylic acids is 1. The van der Waals surface area contributed by atoms with Crippen molar-refractivity contribution in [3.05, 3.63) is 53.7 Å². The molecule has 38 heavy (non-hydrogen) atoms. The van der Waals surface area contributed by atoms with E-state index in [-0.39, 0.29) is 35.4 Å². The molecular weight excluding hydrogens is 491 g/mol. The van der Waals surface area contributed by atoms with E-state index in [9.17, 15) is 9.18 Å². The van der Waals surface area contributed by atoms with Crippen molar-refractivity contribution >= 4 is 17.3 Å². The first-order valence-corrected chi connectivity index (χ1v) is 12.8. The molecule has 4 heterocycles. The Labute approximate surface area is 220 Å². The van der Waals surface area contributed by atoms with Crippen molar-refractivity contribution in [1.29, 1.82) is 0 Å². The fourth-order valence-electron chi connectivity index (χ4n) is 5.11. The number of ether oxygens (including phenoxy) is 4. The van der Waals surface area contributed by atoms with Crippen LogP contribution < -0.4 is 20.1 Å². The number of halogens is 1. The lowest BCUT2D eigenvalue weighted by molar-refractivity contribution is -0.181. The first kappa shape index (κ1) is 24.7. The van der Waals surface area contributed by atoms with E-state index < -0.39 is 5.82 Å². The molecule has 3 aromatic rings. The van der Waals surface area contributed by atoms with Gasteiger partial charge in [-0.05, 0) is 44.9 Å². The Morgan fingerprint density at radius 2 is 2.11 bits per heavy atom. The van der Waals surface area contributed by atoms with Gasteiger partial charge in [0.25, 0.3) is 5.91 Å². The predicted octanol–water partition coefficient (Wildman–Crippen LogP) is 4.32. The number of methoxy groups -OCH3 is 1. The molecule has 2 aliphatic heterocycles. The predicted molar refractivity (Wildman–Crippen MR) is 139 cm³/mol. The van der Waals surface area contributed by atoms with Crippen molar-refractivity contribution in [2.24, 2.45) is 0 Å². The van der Waals surface area contributed by atoms with Gasteiger partial charge in [0.2, 0.25) is 0 Å². The molecule has 2 aromatic heterocycles. The highest BCUT2D eigenvalue weighted by Gasteiger charge is 2.51. The van der Waals surface area contributed by atoms with E-state index in [1.54, 1.807) is 24.5 Å². The number of nitrogens with zero attached hydrogens (tertiary/aromatic N) is 1. The number of amides is 1. The van der Waals surface area contributed by atoms with Gasteiger partial charge >= 0.3 is 0 Å². The van der Waals surface area contributed by atoms with Crippen LogP contribution in [0.3, 0.4) is 0 Å². The van der Waals surface area contributed by atoms with Crippen molar-refractivity contribution in [2.75, 3.05) is 38.8 Å². The van der Waals surface area contributed by atoms with Crippen LogP contribution in [-0.2, 0) is 14.9 Å². The summed E-state index contributed by atoms with van der Waals surface area (Å²) in [5.74, 6) is -0.101. The molecule has 10 heteroatoms. The van der Waals surface area contributed by atoms with E-state index in [4.69, 9.17) is 18.9 Å². The largest absolute Gasteiger partial charge is 0.492 e. The Balaban J connectivity index is 1.40. The van der Waals surface area contributed by atoms with Gasteiger partial charge in [0.05, 0.1) is 54.8 Å². The standard InChI is InChI=1S/C28H31FN4O5/c1-27(2)15-37-16(13-38-27)12-36-20-11-30-10-7-17(20)22-23(32-19-6-4-5-18(29)24(19)35-3)21-25(33-22)28(8-9-28)14-31-26(21)34/h4-7,10-11,16,32-33H,8-9,12-15H2,1-3H3,(H,31,34). The molecular formula is C28H31FN4O5. The molecule has 1 atom stereocenters. The Bertz CT molecular complexity index is 1370. The van der Waals surface area contributed by atoms with Crippen molar-refractivity contribution in [3.8, 4) is 22.8 Å². The first-order chi connectivity index (χ1) is 18.3. The van der Waals surface area contributed by atoms with E-state index in [2.05, 4.69) is 20.6 Å². The monoisotopic (exact) mass is 522 g/mol. The van der Waals surface area contributed by atoms with E-state index in [0.717, 1.165) is 18.5 Å². The van der Waals surface area contributed by atoms with Gasteiger partial charge in [-0.1, -0.05) is 6.07 Å². The molecule has 1 aliphatic carbocycles. The number of anilines is 2. The Hall–Kier alpha value is -3.63. The quantitative estimate of drug-likeness (QED) is 0.424. The summed E-state index contributed by atoms with van der Waals surface area (Å²) in [6, 6.07) is 6.47. The van der Waals surface area contributed by atoms with E-state index in [1.165, 1.54) is 13.2 Å². The van der Waals surface area contributed by atoms with Gasteiger partial charge < -0.3 is 34.6 Å². The highest BCUT2D eigenvalue weighted by molar-refractivity contribution is 6.07.